The van der Waals surface area contributed by atoms with Crippen LogP contribution in [-0.2, 0) is 0 Å². The van der Waals surface area contributed by atoms with Gasteiger partial charge in [0.15, 0.2) is 0 Å². The van der Waals surface area contributed by atoms with Crippen LogP contribution in [-0.4, -0.2) is 10.6 Å². The zero-order chi connectivity index (χ0) is 14.2. The smallest absolute Gasteiger partial charge is 0.129 e. The number of pyridine rings is 1. The van der Waals surface area contributed by atoms with Crippen molar-refractivity contribution in [1.82, 2.24) is 4.98 Å². The summed E-state index contributed by atoms with van der Waals surface area (Å²) in [5, 5.41) is 4.02. The van der Waals surface area contributed by atoms with Crippen LogP contribution >= 0.6 is 11.6 Å². The van der Waals surface area contributed by atoms with Gasteiger partial charge in [-0.05, 0) is 32.0 Å². The molecule has 0 aliphatic carbocycles. The number of nitrogens with zero attached hydrogens (tertiary/aromatic N) is 1. The maximum absolute atomic E-state index is 6.03. The van der Waals surface area contributed by atoms with Crippen molar-refractivity contribution in [2.45, 2.75) is 31.9 Å². The van der Waals surface area contributed by atoms with Crippen molar-refractivity contribution < 1.29 is 4.74 Å². The van der Waals surface area contributed by atoms with Gasteiger partial charge in [-0.25, -0.2) is 4.98 Å². The summed E-state index contributed by atoms with van der Waals surface area (Å²) in [6, 6.07) is 12.1. The molecule has 104 valence electrons. The molecular weight excluding hydrogens is 272 g/mol. The molecule has 2 aromatic rings. The molecule has 20 heavy (non-hydrogen) atoms. The third-order valence-electron chi connectivity index (χ3n) is 3.44. The van der Waals surface area contributed by atoms with Gasteiger partial charge < -0.3 is 10.1 Å². The van der Waals surface area contributed by atoms with Crippen LogP contribution in [0.1, 0.15) is 31.9 Å². The minimum absolute atomic E-state index is 0.189. The second-order valence-electron chi connectivity index (χ2n) is 5.67. The van der Waals surface area contributed by atoms with Crippen LogP contribution in [0.3, 0.4) is 0 Å². The van der Waals surface area contributed by atoms with E-state index in [4.69, 9.17) is 16.3 Å². The van der Waals surface area contributed by atoms with Crippen molar-refractivity contribution in [3.05, 3.63) is 53.3 Å². The summed E-state index contributed by atoms with van der Waals surface area (Å²) in [6.07, 6.45) is 2.65. The fraction of sp³-hybridized carbons (Fsp3) is 0.312. The molecule has 0 bridgehead atoms. The molecular formula is C16H17ClN2O. The topological polar surface area (TPSA) is 34.2 Å². The van der Waals surface area contributed by atoms with Gasteiger partial charge in [0, 0.05) is 12.0 Å². The van der Waals surface area contributed by atoms with Crippen LogP contribution in [0.15, 0.2) is 42.6 Å². The number of hydrogen-bond donors (Lipinski definition) is 1. The van der Waals surface area contributed by atoms with Crippen LogP contribution in [0, 0.1) is 0 Å². The van der Waals surface area contributed by atoms with Crippen LogP contribution in [0.25, 0.3) is 0 Å². The Labute approximate surface area is 123 Å². The van der Waals surface area contributed by atoms with E-state index in [9.17, 15) is 0 Å². The number of hydrogen-bond acceptors (Lipinski definition) is 3. The van der Waals surface area contributed by atoms with E-state index in [-0.39, 0.29) is 11.6 Å². The Bertz CT molecular complexity index is 610. The first kappa shape index (κ1) is 13.3. The number of ether oxygens (including phenoxy) is 1. The lowest BCUT2D eigenvalue weighted by Crippen LogP contribution is -2.37. The molecule has 0 fully saturated rings. The summed E-state index contributed by atoms with van der Waals surface area (Å²) in [7, 11) is 0. The van der Waals surface area contributed by atoms with E-state index in [1.54, 1.807) is 12.3 Å². The summed E-state index contributed by atoms with van der Waals surface area (Å²) in [5.41, 5.74) is 1.96. The molecule has 0 amide bonds. The summed E-state index contributed by atoms with van der Waals surface area (Å²) < 4.78 is 6.03. The predicted octanol–water partition coefficient (Wildman–Crippen LogP) is 4.45. The summed E-state index contributed by atoms with van der Waals surface area (Å²) >= 11 is 5.82. The summed E-state index contributed by atoms with van der Waals surface area (Å²) in [4.78, 5) is 4.11. The van der Waals surface area contributed by atoms with Gasteiger partial charge in [-0.3, -0.25) is 0 Å². The molecule has 4 heteroatoms. The van der Waals surface area contributed by atoms with Crippen LogP contribution in [0.5, 0.6) is 5.75 Å². The maximum Gasteiger partial charge on any atom is 0.129 e. The predicted molar refractivity (Wildman–Crippen MR) is 81.4 cm³/mol. The first-order chi connectivity index (χ1) is 9.53. The van der Waals surface area contributed by atoms with Crippen LogP contribution in [0.2, 0.25) is 5.15 Å². The first-order valence-corrected chi connectivity index (χ1v) is 7.07. The highest BCUT2D eigenvalue weighted by Crippen LogP contribution is 2.40. The highest BCUT2D eigenvalue weighted by Gasteiger charge is 2.33. The Morgan fingerprint density at radius 3 is 2.80 bits per heavy atom. The van der Waals surface area contributed by atoms with E-state index < -0.39 is 0 Å². The molecule has 0 saturated heterocycles. The van der Waals surface area contributed by atoms with E-state index >= 15 is 0 Å². The monoisotopic (exact) mass is 288 g/mol. The van der Waals surface area contributed by atoms with Gasteiger partial charge in [0.25, 0.3) is 0 Å². The van der Waals surface area contributed by atoms with E-state index in [2.05, 4.69) is 30.2 Å². The van der Waals surface area contributed by atoms with Crippen molar-refractivity contribution in [3.63, 3.8) is 0 Å². The lowest BCUT2D eigenvalue weighted by molar-refractivity contribution is 0.0759. The molecule has 3 nitrogen and oxygen atoms in total. The number of fused-ring (bicyclic) bond motifs is 1. The third kappa shape index (κ3) is 2.73. The van der Waals surface area contributed by atoms with Gasteiger partial charge in [-0.1, -0.05) is 29.8 Å². The van der Waals surface area contributed by atoms with Crippen molar-refractivity contribution >= 4 is 17.3 Å². The number of rotatable bonds is 2. The molecule has 1 aromatic carbocycles. The average molecular weight is 289 g/mol. The molecule has 1 aliphatic rings. The van der Waals surface area contributed by atoms with E-state index in [0.717, 1.165) is 17.9 Å². The third-order valence-corrected chi connectivity index (χ3v) is 3.67. The normalized spacial score (nSPS) is 19.9. The Morgan fingerprint density at radius 1 is 1.25 bits per heavy atom. The molecule has 2 heterocycles. The highest BCUT2D eigenvalue weighted by atomic mass is 35.5. The van der Waals surface area contributed by atoms with Crippen molar-refractivity contribution in [1.29, 1.82) is 0 Å². The van der Waals surface area contributed by atoms with Gasteiger partial charge >= 0.3 is 0 Å². The molecule has 1 atom stereocenters. The van der Waals surface area contributed by atoms with Crippen molar-refractivity contribution in [3.8, 4) is 5.75 Å². The zero-order valence-electron chi connectivity index (χ0n) is 11.6. The Morgan fingerprint density at radius 2 is 2.05 bits per heavy atom. The quantitative estimate of drug-likeness (QED) is 0.829. The fourth-order valence-corrected chi connectivity index (χ4v) is 2.71. The number of halogens is 1. The van der Waals surface area contributed by atoms with Gasteiger partial charge in [0.1, 0.15) is 16.5 Å². The SMILES string of the molecule is CC1(C)CC(Nc2ccc(Cl)nc2)c2ccccc2O1. The number of aromatic nitrogens is 1. The lowest BCUT2D eigenvalue weighted by atomic mass is 9.89. The summed E-state index contributed by atoms with van der Waals surface area (Å²) in [6.45, 7) is 4.22. The molecule has 0 saturated carbocycles. The molecule has 1 N–H and O–H groups in total. The second-order valence-corrected chi connectivity index (χ2v) is 6.06. The maximum atomic E-state index is 6.03. The number of nitrogens with one attached hydrogen (secondary N) is 1. The number of para-hydroxylation sites is 1. The number of anilines is 1. The summed E-state index contributed by atoms with van der Waals surface area (Å²) in [5.74, 6) is 0.947. The first-order valence-electron chi connectivity index (χ1n) is 6.69. The molecule has 1 aromatic heterocycles. The minimum atomic E-state index is -0.189. The Hall–Kier alpha value is -1.74. The Kier molecular flexibility index (Phi) is 3.30. The Balaban J connectivity index is 1.90. The van der Waals surface area contributed by atoms with Crippen LogP contribution < -0.4 is 10.1 Å². The van der Waals surface area contributed by atoms with Gasteiger partial charge in [-0.2, -0.15) is 0 Å². The van der Waals surface area contributed by atoms with Gasteiger partial charge in [0.2, 0.25) is 0 Å². The largest absolute Gasteiger partial charge is 0.487 e. The van der Waals surface area contributed by atoms with E-state index in [1.807, 2.05) is 24.3 Å². The average Bonchev–Trinajstić information content (AvgIpc) is 2.40. The van der Waals surface area contributed by atoms with E-state index in [1.165, 1.54) is 5.56 Å². The molecule has 0 spiro atoms. The second kappa shape index (κ2) is 4.98. The zero-order valence-corrected chi connectivity index (χ0v) is 12.3. The van der Waals surface area contributed by atoms with E-state index in [0.29, 0.717) is 5.15 Å². The fourth-order valence-electron chi connectivity index (χ4n) is 2.59. The van der Waals surface area contributed by atoms with Crippen LogP contribution in [0.4, 0.5) is 5.69 Å². The lowest BCUT2D eigenvalue weighted by Gasteiger charge is -2.38. The molecule has 0 radical (unpaired) electrons. The van der Waals surface area contributed by atoms with Crippen molar-refractivity contribution in [2.75, 3.05) is 5.32 Å². The number of benzene rings is 1. The van der Waals surface area contributed by atoms with Gasteiger partial charge in [0.05, 0.1) is 17.9 Å². The molecule has 1 aliphatic heterocycles. The minimum Gasteiger partial charge on any atom is -0.487 e. The molecule has 1 unspecified atom stereocenters. The highest BCUT2D eigenvalue weighted by molar-refractivity contribution is 6.29. The van der Waals surface area contributed by atoms with Crippen molar-refractivity contribution in [2.24, 2.45) is 0 Å². The molecule has 3 rings (SSSR count). The standard InChI is InChI=1S/C16H17ClN2O/c1-16(2)9-13(12-5-3-4-6-14(12)20-16)19-11-7-8-15(17)18-10-11/h3-8,10,13,19H,9H2,1-2H3. The van der Waals surface area contributed by atoms with Gasteiger partial charge in [-0.15, -0.1) is 0 Å².